The molecular weight excluding hydrogens is 218 g/mol. The quantitative estimate of drug-likeness (QED) is 0.796. The van der Waals surface area contributed by atoms with Crippen LogP contribution in [0, 0.1) is 5.92 Å². The van der Waals surface area contributed by atoms with Gasteiger partial charge in [-0.2, -0.15) is 0 Å². The van der Waals surface area contributed by atoms with Crippen LogP contribution in [-0.2, 0) is 6.42 Å². The molecule has 2 rings (SSSR count). The molecule has 1 nitrogen and oxygen atoms in total. The highest BCUT2D eigenvalue weighted by Crippen LogP contribution is 2.33. The fraction of sp³-hybridized carbons (Fsp3) is 0.571. The highest BCUT2D eigenvalue weighted by atomic mass is 35.5. The lowest BCUT2D eigenvalue weighted by atomic mass is 10.1. The van der Waals surface area contributed by atoms with Crippen LogP contribution in [0.1, 0.15) is 31.7 Å². The Kier molecular flexibility index (Phi) is 4.25. The van der Waals surface area contributed by atoms with E-state index >= 15 is 0 Å². The summed E-state index contributed by atoms with van der Waals surface area (Å²) in [5.74, 6) is 1.01. The predicted octanol–water partition coefficient (Wildman–Crippen LogP) is 3.66. The van der Waals surface area contributed by atoms with Crippen molar-refractivity contribution in [3.05, 3.63) is 34.9 Å². The molecule has 1 aromatic rings. The highest BCUT2D eigenvalue weighted by molar-refractivity contribution is 6.30. The first kappa shape index (κ1) is 11.9. The summed E-state index contributed by atoms with van der Waals surface area (Å²) in [6.45, 7) is 3.36. The molecule has 0 bridgehead atoms. The molecule has 1 aliphatic carbocycles. The first-order chi connectivity index (χ1) is 7.74. The Morgan fingerprint density at radius 1 is 1.31 bits per heavy atom. The average Bonchev–Trinajstić information content (AvgIpc) is 3.05. The Morgan fingerprint density at radius 2 is 2.00 bits per heavy atom. The molecule has 0 aliphatic heterocycles. The van der Waals surface area contributed by atoms with E-state index in [-0.39, 0.29) is 0 Å². The average molecular weight is 238 g/mol. The number of nitrogens with one attached hydrogen (secondary N) is 1. The van der Waals surface area contributed by atoms with Crippen molar-refractivity contribution in [2.45, 2.75) is 38.6 Å². The molecule has 1 fully saturated rings. The van der Waals surface area contributed by atoms with Crippen LogP contribution in [0.15, 0.2) is 24.3 Å². The third-order valence-corrected chi connectivity index (χ3v) is 3.46. The minimum atomic E-state index is 0.666. The van der Waals surface area contributed by atoms with Crippen LogP contribution in [0.4, 0.5) is 0 Å². The number of hydrogen-bond donors (Lipinski definition) is 1. The van der Waals surface area contributed by atoms with E-state index in [9.17, 15) is 0 Å². The molecule has 1 aliphatic rings. The summed E-state index contributed by atoms with van der Waals surface area (Å²) in [4.78, 5) is 0. The lowest BCUT2D eigenvalue weighted by Gasteiger charge is -2.13. The monoisotopic (exact) mass is 237 g/mol. The number of benzene rings is 1. The van der Waals surface area contributed by atoms with Gasteiger partial charge in [-0.15, -0.1) is 0 Å². The van der Waals surface area contributed by atoms with Crippen molar-refractivity contribution < 1.29 is 0 Å². The molecule has 0 spiro atoms. The Bertz CT molecular complexity index is 316. The molecule has 1 atom stereocenters. The molecule has 1 unspecified atom stereocenters. The zero-order valence-electron chi connectivity index (χ0n) is 9.88. The van der Waals surface area contributed by atoms with E-state index in [4.69, 9.17) is 11.6 Å². The van der Waals surface area contributed by atoms with Crippen LogP contribution >= 0.6 is 11.6 Å². The smallest absolute Gasteiger partial charge is 0.0406 e. The summed E-state index contributed by atoms with van der Waals surface area (Å²) in [6.07, 6.45) is 5.33. The van der Waals surface area contributed by atoms with E-state index in [1.807, 2.05) is 12.1 Å². The normalized spacial score (nSPS) is 17.4. The van der Waals surface area contributed by atoms with Crippen molar-refractivity contribution in [3.63, 3.8) is 0 Å². The van der Waals surface area contributed by atoms with Gasteiger partial charge in [0.1, 0.15) is 0 Å². The van der Waals surface area contributed by atoms with Gasteiger partial charge < -0.3 is 5.32 Å². The van der Waals surface area contributed by atoms with Gasteiger partial charge >= 0.3 is 0 Å². The van der Waals surface area contributed by atoms with Crippen LogP contribution < -0.4 is 5.32 Å². The first-order valence-electron chi connectivity index (χ1n) is 6.22. The van der Waals surface area contributed by atoms with Crippen molar-refractivity contribution in [3.8, 4) is 0 Å². The van der Waals surface area contributed by atoms with Gasteiger partial charge in [0.2, 0.25) is 0 Å². The van der Waals surface area contributed by atoms with Crippen molar-refractivity contribution in [2.24, 2.45) is 5.92 Å². The van der Waals surface area contributed by atoms with Gasteiger partial charge in [-0.25, -0.2) is 0 Å². The summed E-state index contributed by atoms with van der Waals surface area (Å²) < 4.78 is 0. The van der Waals surface area contributed by atoms with Crippen LogP contribution in [0.3, 0.4) is 0 Å². The molecular formula is C14H20ClN. The largest absolute Gasteiger partial charge is 0.314 e. The second-order valence-electron chi connectivity index (χ2n) is 4.91. The maximum atomic E-state index is 5.84. The minimum Gasteiger partial charge on any atom is -0.314 e. The van der Waals surface area contributed by atoms with E-state index in [2.05, 4.69) is 24.4 Å². The Balaban J connectivity index is 1.64. The lowest BCUT2D eigenvalue weighted by molar-refractivity contribution is 0.491. The van der Waals surface area contributed by atoms with Crippen LogP contribution in [0.5, 0.6) is 0 Å². The van der Waals surface area contributed by atoms with Gasteiger partial charge in [-0.05, 0) is 49.9 Å². The summed E-state index contributed by atoms with van der Waals surface area (Å²) in [7, 11) is 0. The Hall–Kier alpha value is -0.530. The fourth-order valence-electron chi connectivity index (χ4n) is 2.05. The molecule has 0 saturated heterocycles. The topological polar surface area (TPSA) is 12.0 Å². The molecule has 1 N–H and O–H groups in total. The van der Waals surface area contributed by atoms with Crippen LogP contribution in [0.25, 0.3) is 0 Å². The zero-order valence-corrected chi connectivity index (χ0v) is 10.6. The van der Waals surface area contributed by atoms with E-state index in [0.29, 0.717) is 6.04 Å². The van der Waals surface area contributed by atoms with Crippen LogP contribution in [0.2, 0.25) is 5.02 Å². The van der Waals surface area contributed by atoms with Crippen molar-refractivity contribution >= 4 is 11.6 Å². The maximum Gasteiger partial charge on any atom is 0.0406 e. The molecule has 0 aromatic heterocycles. The standard InChI is InChI=1S/C14H20ClN/c1-11(10-13-2-3-13)16-9-8-12-4-6-14(15)7-5-12/h4-7,11,13,16H,2-3,8-10H2,1H3. The molecule has 1 aromatic carbocycles. The van der Waals surface area contributed by atoms with E-state index in [1.54, 1.807) is 0 Å². The molecule has 0 amide bonds. The summed E-state index contributed by atoms with van der Waals surface area (Å²) in [5.41, 5.74) is 1.36. The molecule has 0 radical (unpaired) electrons. The van der Waals surface area contributed by atoms with Gasteiger partial charge in [0, 0.05) is 11.1 Å². The van der Waals surface area contributed by atoms with E-state index in [1.165, 1.54) is 24.8 Å². The molecule has 88 valence electrons. The second-order valence-corrected chi connectivity index (χ2v) is 5.35. The third-order valence-electron chi connectivity index (χ3n) is 3.20. The van der Waals surface area contributed by atoms with Crippen molar-refractivity contribution in [2.75, 3.05) is 6.54 Å². The molecule has 2 heteroatoms. The lowest BCUT2D eigenvalue weighted by Crippen LogP contribution is -2.28. The molecule has 1 saturated carbocycles. The number of hydrogen-bond acceptors (Lipinski definition) is 1. The molecule has 16 heavy (non-hydrogen) atoms. The zero-order chi connectivity index (χ0) is 11.4. The van der Waals surface area contributed by atoms with Crippen LogP contribution in [-0.4, -0.2) is 12.6 Å². The third kappa shape index (κ3) is 4.15. The Labute approximate surface area is 103 Å². The van der Waals surface area contributed by atoms with Gasteiger partial charge in [-0.1, -0.05) is 36.6 Å². The van der Waals surface area contributed by atoms with Gasteiger partial charge in [0.15, 0.2) is 0 Å². The van der Waals surface area contributed by atoms with E-state index < -0.39 is 0 Å². The summed E-state index contributed by atoms with van der Waals surface area (Å²) >= 11 is 5.84. The maximum absolute atomic E-state index is 5.84. The first-order valence-corrected chi connectivity index (χ1v) is 6.59. The second kappa shape index (κ2) is 5.70. The van der Waals surface area contributed by atoms with Gasteiger partial charge in [0.25, 0.3) is 0 Å². The minimum absolute atomic E-state index is 0.666. The predicted molar refractivity (Wildman–Crippen MR) is 70.0 cm³/mol. The summed E-state index contributed by atoms with van der Waals surface area (Å²) in [5, 5.41) is 4.40. The molecule has 0 heterocycles. The van der Waals surface area contributed by atoms with Crippen molar-refractivity contribution in [1.82, 2.24) is 5.32 Å². The fourth-order valence-corrected chi connectivity index (χ4v) is 2.18. The van der Waals surface area contributed by atoms with Gasteiger partial charge in [-0.3, -0.25) is 0 Å². The summed E-state index contributed by atoms with van der Waals surface area (Å²) in [6, 6.07) is 8.81. The van der Waals surface area contributed by atoms with Crippen molar-refractivity contribution in [1.29, 1.82) is 0 Å². The SMILES string of the molecule is CC(CC1CC1)NCCc1ccc(Cl)cc1. The number of rotatable bonds is 6. The Morgan fingerprint density at radius 3 is 2.62 bits per heavy atom. The highest BCUT2D eigenvalue weighted by Gasteiger charge is 2.22. The van der Waals surface area contributed by atoms with Gasteiger partial charge in [0.05, 0.1) is 0 Å². The number of halogens is 1. The van der Waals surface area contributed by atoms with E-state index in [0.717, 1.165) is 23.9 Å².